The topological polar surface area (TPSA) is 61.7 Å². The summed E-state index contributed by atoms with van der Waals surface area (Å²) in [5.74, 6) is 0.0591. The molecule has 0 saturated heterocycles. The van der Waals surface area contributed by atoms with Crippen LogP contribution in [0.3, 0.4) is 0 Å². The molecule has 0 radical (unpaired) electrons. The third-order valence-corrected chi connectivity index (χ3v) is 6.24. The highest BCUT2D eigenvalue weighted by Gasteiger charge is 2.41. The number of carbonyl (C=O) groups is 1. The Morgan fingerprint density at radius 1 is 0.933 bits per heavy atom. The first kappa shape index (κ1) is 18.9. The van der Waals surface area contributed by atoms with E-state index < -0.39 is 0 Å². The van der Waals surface area contributed by atoms with E-state index in [1.165, 1.54) is 0 Å². The van der Waals surface area contributed by atoms with Gasteiger partial charge in [0.2, 0.25) is 0 Å². The number of nitrogens with zero attached hydrogens (tertiary/aromatic N) is 1. The summed E-state index contributed by atoms with van der Waals surface area (Å²) in [6, 6.07) is 22.4. The van der Waals surface area contributed by atoms with E-state index in [0.29, 0.717) is 17.9 Å². The molecule has 5 heteroatoms. The number of hydrogen-bond acceptors (Lipinski definition) is 4. The van der Waals surface area contributed by atoms with Crippen LogP contribution in [0.5, 0.6) is 5.75 Å². The minimum atomic E-state index is -0.372. The number of phenols is 1. The summed E-state index contributed by atoms with van der Waals surface area (Å²) < 4.78 is 0. The van der Waals surface area contributed by atoms with Crippen LogP contribution in [0.4, 0.5) is 11.4 Å². The van der Waals surface area contributed by atoms with Gasteiger partial charge in [0.05, 0.1) is 23.3 Å². The molecule has 3 aromatic rings. The molecule has 0 aromatic heterocycles. The van der Waals surface area contributed by atoms with E-state index in [1.54, 1.807) is 12.1 Å². The summed E-state index contributed by atoms with van der Waals surface area (Å²) in [5, 5.41) is 14.2. The lowest BCUT2D eigenvalue weighted by Crippen LogP contribution is -2.38. The monoisotopic (exact) mass is 416 g/mol. The van der Waals surface area contributed by atoms with E-state index in [1.807, 2.05) is 60.7 Å². The summed E-state index contributed by atoms with van der Waals surface area (Å²) in [6.07, 6.45) is 1.17. The van der Waals surface area contributed by atoms with Crippen molar-refractivity contribution in [1.29, 1.82) is 0 Å². The molecule has 3 atom stereocenters. The Morgan fingerprint density at radius 2 is 1.73 bits per heavy atom. The first-order valence-electron chi connectivity index (χ1n) is 10.1. The number of halogens is 1. The van der Waals surface area contributed by atoms with E-state index in [4.69, 9.17) is 16.6 Å². The van der Waals surface area contributed by atoms with Crippen molar-refractivity contribution in [3.05, 3.63) is 88.9 Å². The third kappa shape index (κ3) is 3.48. The number of para-hydroxylation sites is 2. The van der Waals surface area contributed by atoms with E-state index in [9.17, 15) is 9.90 Å². The van der Waals surface area contributed by atoms with Crippen molar-refractivity contribution in [1.82, 2.24) is 0 Å². The number of phenolic OH excluding ortho intramolecular Hbond substituents is 1. The van der Waals surface area contributed by atoms with Gasteiger partial charge in [-0.3, -0.25) is 9.79 Å². The fourth-order valence-corrected chi connectivity index (χ4v) is 4.69. The smallest absolute Gasteiger partial charge is 0.144 e. The van der Waals surface area contributed by atoms with E-state index >= 15 is 0 Å². The van der Waals surface area contributed by atoms with E-state index in [0.717, 1.165) is 28.2 Å². The number of rotatable bonds is 2. The highest BCUT2D eigenvalue weighted by molar-refractivity contribution is 6.30. The van der Waals surface area contributed by atoms with Crippen LogP contribution in [0.15, 0.2) is 77.8 Å². The van der Waals surface area contributed by atoms with Crippen LogP contribution in [-0.2, 0) is 4.79 Å². The van der Waals surface area contributed by atoms with E-state index in [2.05, 4.69) is 5.32 Å². The van der Waals surface area contributed by atoms with Crippen LogP contribution in [0.1, 0.15) is 35.9 Å². The van der Waals surface area contributed by atoms with Crippen LogP contribution in [-0.4, -0.2) is 16.6 Å². The Morgan fingerprint density at radius 3 is 2.53 bits per heavy atom. The number of benzene rings is 3. The summed E-state index contributed by atoms with van der Waals surface area (Å²) in [5.41, 5.74) is 4.60. The second kappa shape index (κ2) is 7.62. The molecule has 0 unspecified atom stereocenters. The number of ketones is 1. The van der Waals surface area contributed by atoms with Gasteiger partial charge in [-0.15, -0.1) is 0 Å². The van der Waals surface area contributed by atoms with Gasteiger partial charge in [-0.05, 0) is 59.9 Å². The zero-order valence-corrected chi connectivity index (χ0v) is 17.0. The van der Waals surface area contributed by atoms with Gasteiger partial charge < -0.3 is 10.4 Å². The largest absolute Gasteiger partial charge is 0.508 e. The second-order valence-electron chi connectivity index (χ2n) is 7.94. The molecule has 1 fully saturated rings. The van der Waals surface area contributed by atoms with Gasteiger partial charge in [-0.25, -0.2) is 0 Å². The number of aromatic hydroxyl groups is 1. The van der Waals surface area contributed by atoms with Crippen molar-refractivity contribution in [3.63, 3.8) is 0 Å². The number of aliphatic imine (C=N–C) groups is 1. The Labute approximate surface area is 180 Å². The minimum Gasteiger partial charge on any atom is -0.508 e. The lowest BCUT2D eigenvalue weighted by Gasteiger charge is -2.34. The lowest BCUT2D eigenvalue weighted by molar-refractivity contribution is -0.122. The lowest BCUT2D eigenvalue weighted by atomic mass is 9.72. The first-order chi connectivity index (χ1) is 14.6. The second-order valence-corrected chi connectivity index (χ2v) is 8.37. The molecular formula is C25H21ClN2O2. The molecule has 1 saturated carbocycles. The fraction of sp³-hybridized carbons (Fsp3) is 0.200. The zero-order valence-electron chi connectivity index (χ0n) is 16.3. The molecule has 2 aliphatic rings. The summed E-state index contributed by atoms with van der Waals surface area (Å²) in [4.78, 5) is 18.4. The van der Waals surface area contributed by atoms with Crippen molar-refractivity contribution in [3.8, 4) is 5.75 Å². The number of Topliss-reactive ketones (excluding diaryl/α,β-unsaturated/α-hetero) is 1. The molecule has 1 aliphatic carbocycles. The Balaban J connectivity index is 1.59. The molecule has 2 N–H and O–H groups in total. The van der Waals surface area contributed by atoms with Gasteiger partial charge in [-0.2, -0.15) is 0 Å². The molecule has 150 valence electrons. The van der Waals surface area contributed by atoms with Crippen LogP contribution in [0, 0.1) is 5.92 Å². The highest BCUT2D eigenvalue weighted by Crippen LogP contribution is 2.44. The molecule has 1 heterocycles. The number of hydrogen-bond donors (Lipinski definition) is 2. The number of anilines is 1. The van der Waals surface area contributed by atoms with Crippen molar-refractivity contribution in [2.45, 2.75) is 24.8 Å². The fourth-order valence-electron chi connectivity index (χ4n) is 4.56. The van der Waals surface area contributed by atoms with Gasteiger partial charge in [-0.1, -0.05) is 48.0 Å². The van der Waals surface area contributed by atoms with Crippen molar-refractivity contribution >= 4 is 34.5 Å². The number of fused-ring (bicyclic) bond motifs is 2. The maximum absolute atomic E-state index is 13.4. The number of carbonyl (C=O) groups excluding carboxylic acids is 1. The molecule has 30 heavy (non-hydrogen) atoms. The molecule has 5 rings (SSSR count). The molecule has 0 spiro atoms. The zero-order chi connectivity index (χ0) is 20.7. The average Bonchev–Trinajstić information content (AvgIpc) is 2.91. The predicted octanol–water partition coefficient (Wildman–Crippen LogP) is 6.05. The molecule has 4 nitrogen and oxygen atoms in total. The molecule has 0 amide bonds. The number of nitrogens with one attached hydrogen (secondary N) is 1. The normalized spacial score (nSPS) is 22.9. The van der Waals surface area contributed by atoms with Gasteiger partial charge in [0.1, 0.15) is 11.5 Å². The van der Waals surface area contributed by atoms with Gasteiger partial charge in [0.15, 0.2) is 0 Å². The molecule has 3 aromatic carbocycles. The van der Waals surface area contributed by atoms with Crippen LogP contribution in [0.2, 0.25) is 5.02 Å². The summed E-state index contributed by atoms with van der Waals surface area (Å²) in [6.45, 7) is 0. The minimum absolute atomic E-state index is 0.0832. The van der Waals surface area contributed by atoms with Crippen molar-refractivity contribution in [2.24, 2.45) is 10.9 Å². The van der Waals surface area contributed by atoms with Gasteiger partial charge >= 0.3 is 0 Å². The Hall–Kier alpha value is -3.11. The highest BCUT2D eigenvalue weighted by atomic mass is 35.5. The summed E-state index contributed by atoms with van der Waals surface area (Å²) >= 11 is 6.05. The van der Waals surface area contributed by atoms with E-state index in [-0.39, 0.29) is 29.4 Å². The van der Waals surface area contributed by atoms with Gasteiger partial charge in [0.25, 0.3) is 0 Å². The summed E-state index contributed by atoms with van der Waals surface area (Å²) in [7, 11) is 0. The van der Waals surface area contributed by atoms with Gasteiger partial charge in [0, 0.05) is 17.2 Å². The van der Waals surface area contributed by atoms with Crippen LogP contribution in [0.25, 0.3) is 0 Å². The van der Waals surface area contributed by atoms with Crippen LogP contribution < -0.4 is 5.32 Å². The average molecular weight is 417 g/mol. The van der Waals surface area contributed by atoms with Crippen molar-refractivity contribution in [2.75, 3.05) is 5.32 Å². The van der Waals surface area contributed by atoms with Crippen molar-refractivity contribution < 1.29 is 9.90 Å². The molecule has 1 aliphatic heterocycles. The predicted molar refractivity (Wildman–Crippen MR) is 120 cm³/mol. The van der Waals surface area contributed by atoms with Crippen LogP contribution >= 0.6 is 11.6 Å². The molecule has 0 bridgehead atoms. The SMILES string of the molecule is O=C1C[C@@H](c2ccc(Cl)cc2)CC2=Nc3ccccc3N[C@@H](c3cccc(O)c3)[C@H]12. The first-order valence-corrected chi connectivity index (χ1v) is 10.5. The quantitative estimate of drug-likeness (QED) is 0.534. The maximum atomic E-state index is 13.4. The molecular weight excluding hydrogens is 396 g/mol. The maximum Gasteiger partial charge on any atom is 0.144 e. The third-order valence-electron chi connectivity index (χ3n) is 5.99. The standard InChI is InChI=1S/C25H21ClN2O2/c26-18-10-8-15(9-11-18)17-13-22-24(23(30)14-17)25(16-4-3-5-19(29)12-16)28-21-7-2-1-6-20(21)27-22/h1-12,17,24-25,28-29H,13-14H2/t17-,24-,25-/m0/s1. The Kier molecular flexibility index (Phi) is 4.80. The Bertz CT molecular complexity index is 1140.